The molecule has 1 aliphatic carbocycles. The van der Waals surface area contributed by atoms with E-state index >= 15 is 0 Å². The number of aryl methyl sites for hydroxylation is 1. The number of thiophene rings is 1. The highest BCUT2D eigenvalue weighted by molar-refractivity contribution is 7.16. The van der Waals surface area contributed by atoms with Gasteiger partial charge in [0.05, 0.1) is 12.1 Å². The van der Waals surface area contributed by atoms with E-state index in [-0.39, 0.29) is 16.9 Å². The lowest BCUT2D eigenvalue weighted by Gasteiger charge is -2.39. The molecule has 2 atom stereocenters. The maximum absolute atomic E-state index is 12.6. The zero-order valence-corrected chi connectivity index (χ0v) is 16.3. The van der Waals surface area contributed by atoms with Crippen LogP contribution in [0.2, 0.25) is 0 Å². The van der Waals surface area contributed by atoms with Gasteiger partial charge in [0.2, 0.25) is 5.91 Å². The van der Waals surface area contributed by atoms with Crippen molar-refractivity contribution < 1.29 is 14.7 Å². The molecule has 0 radical (unpaired) electrons. The highest BCUT2D eigenvalue weighted by Gasteiger charge is 2.49. The third kappa shape index (κ3) is 3.90. The minimum atomic E-state index is -0.988. The van der Waals surface area contributed by atoms with Gasteiger partial charge in [-0.15, -0.1) is 11.3 Å². The fourth-order valence-corrected chi connectivity index (χ4v) is 5.98. The van der Waals surface area contributed by atoms with Crippen LogP contribution in [-0.2, 0) is 11.2 Å². The van der Waals surface area contributed by atoms with E-state index in [9.17, 15) is 14.7 Å². The number of anilines is 1. The SMILES string of the molecule is CCc1cc(C(=O)O)c(NC(=O)CN2CC3(C)CC2CC(C)(C)C3)s1. The molecular formula is C19H28N2O3S. The maximum atomic E-state index is 12.6. The Hall–Kier alpha value is -1.40. The number of carboxylic acid groups (broad SMARTS) is 1. The zero-order chi connectivity index (χ0) is 18.4. The lowest BCUT2D eigenvalue weighted by Crippen LogP contribution is -2.38. The molecule has 2 heterocycles. The number of aromatic carboxylic acids is 1. The van der Waals surface area contributed by atoms with Crippen LogP contribution in [0, 0.1) is 10.8 Å². The molecule has 2 aliphatic rings. The molecule has 1 aromatic rings. The molecular weight excluding hydrogens is 336 g/mol. The van der Waals surface area contributed by atoms with Crippen molar-refractivity contribution in [2.75, 3.05) is 18.4 Å². The smallest absolute Gasteiger partial charge is 0.338 e. The van der Waals surface area contributed by atoms with Gasteiger partial charge in [0.25, 0.3) is 0 Å². The van der Waals surface area contributed by atoms with E-state index in [1.165, 1.54) is 17.8 Å². The first-order valence-corrected chi connectivity index (χ1v) is 9.82. The Labute approximate surface area is 153 Å². The molecule has 1 amide bonds. The average Bonchev–Trinajstić information content (AvgIpc) is 2.96. The second kappa shape index (κ2) is 6.40. The van der Waals surface area contributed by atoms with E-state index in [0.717, 1.165) is 30.7 Å². The van der Waals surface area contributed by atoms with E-state index in [0.29, 0.717) is 23.0 Å². The topological polar surface area (TPSA) is 69.6 Å². The summed E-state index contributed by atoms with van der Waals surface area (Å²) in [5, 5.41) is 12.6. The molecule has 25 heavy (non-hydrogen) atoms. The Kier molecular flexibility index (Phi) is 4.71. The number of rotatable bonds is 5. The fourth-order valence-electron chi connectivity index (χ4n) is 4.98. The molecule has 1 saturated carbocycles. The van der Waals surface area contributed by atoms with E-state index in [4.69, 9.17) is 0 Å². The molecule has 0 aromatic carbocycles. The number of fused-ring (bicyclic) bond motifs is 2. The van der Waals surface area contributed by atoms with Crippen molar-refractivity contribution in [3.05, 3.63) is 16.5 Å². The van der Waals surface area contributed by atoms with E-state index in [1.54, 1.807) is 6.07 Å². The van der Waals surface area contributed by atoms with Crippen molar-refractivity contribution in [2.45, 2.75) is 59.4 Å². The van der Waals surface area contributed by atoms with Crippen molar-refractivity contribution in [3.63, 3.8) is 0 Å². The first-order chi connectivity index (χ1) is 11.6. The maximum Gasteiger partial charge on any atom is 0.338 e. The van der Waals surface area contributed by atoms with Crippen molar-refractivity contribution in [1.82, 2.24) is 4.90 Å². The van der Waals surface area contributed by atoms with Gasteiger partial charge in [0.1, 0.15) is 5.00 Å². The summed E-state index contributed by atoms with van der Waals surface area (Å²) in [7, 11) is 0. The third-order valence-electron chi connectivity index (χ3n) is 5.48. The van der Waals surface area contributed by atoms with Crippen molar-refractivity contribution in [3.8, 4) is 0 Å². The summed E-state index contributed by atoms with van der Waals surface area (Å²) in [5.74, 6) is -1.10. The van der Waals surface area contributed by atoms with Crippen molar-refractivity contribution in [1.29, 1.82) is 0 Å². The summed E-state index contributed by atoms with van der Waals surface area (Å²) in [6, 6.07) is 2.11. The Balaban J connectivity index is 1.68. The Bertz CT molecular complexity index is 697. The van der Waals surface area contributed by atoms with Crippen LogP contribution >= 0.6 is 11.3 Å². The van der Waals surface area contributed by atoms with E-state index in [1.807, 2.05) is 6.92 Å². The van der Waals surface area contributed by atoms with Gasteiger partial charge >= 0.3 is 5.97 Å². The first kappa shape index (κ1) is 18.4. The Morgan fingerprint density at radius 3 is 2.72 bits per heavy atom. The monoisotopic (exact) mass is 364 g/mol. The number of hydrogen-bond donors (Lipinski definition) is 2. The molecule has 2 unspecified atom stereocenters. The van der Waals surface area contributed by atoms with Gasteiger partial charge in [0, 0.05) is 17.5 Å². The zero-order valence-electron chi connectivity index (χ0n) is 15.5. The second-order valence-corrected chi connectivity index (χ2v) is 9.92. The minimum absolute atomic E-state index is 0.110. The van der Waals surface area contributed by atoms with Gasteiger partial charge in [-0.2, -0.15) is 0 Å². The molecule has 1 aliphatic heterocycles. The number of nitrogens with zero attached hydrogens (tertiary/aromatic N) is 1. The molecule has 2 fully saturated rings. The van der Waals surface area contributed by atoms with Gasteiger partial charge in [-0.1, -0.05) is 27.7 Å². The quantitative estimate of drug-likeness (QED) is 0.833. The number of carbonyl (C=O) groups excluding carboxylic acids is 1. The largest absolute Gasteiger partial charge is 0.478 e. The number of nitrogens with one attached hydrogen (secondary N) is 1. The van der Waals surface area contributed by atoms with Gasteiger partial charge < -0.3 is 10.4 Å². The van der Waals surface area contributed by atoms with Gasteiger partial charge in [-0.05, 0) is 42.6 Å². The van der Waals surface area contributed by atoms with Gasteiger partial charge in [0.15, 0.2) is 0 Å². The van der Waals surface area contributed by atoms with Crippen LogP contribution in [0.1, 0.15) is 62.2 Å². The molecule has 1 aromatic heterocycles. The predicted molar refractivity (Wildman–Crippen MR) is 100 cm³/mol. The van der Waals surface area contributed by atoms with Crippen LogP contribution in [-0.4, -0.2) is 41.0 Å². The van der Waals surface area contributed by atoms with Crippen LogP contribution in [0.4, 0.5) is 5.00 Å². The summed E-state index contributed by atoms with van der Waals surface area (Å²) in [5.41, 5.74) is 0.809. The van der Waals surface area contributed by atoms with Crippen LogP contribution < -0.4 is 5.32 Å². The molecule has 3 rings (SSSR count). The number of hydrogen-bond acceptors (Lipinski definition) is 4. The van der Waals surface area contributed by atoms with E-state index in [2.05, 4.69) is 31.0 Å². The molecule has 0 spiro atoms. The summed E-state index contributed by atoms with van der Waals surface area (Å²) in [6.45, 7) is 10.2. The lowest BCUT2D eigenvalue weighted by atomic mass is 9.65. The summed E-state index contributed by atoms with van der Waals surface area (Å²) in [6.07, 6.45) is 4.24. The predicted octanol–water partition coefficient (Wildman–Crippen LogP) is 3.85. The average molecular weight is 365 g/mol. The molecule has 138 valence electrons. The highest BCUT2D eigenvalue weighted by Crippen LogP contribution is 2.52. The van der Waals surface area contributed by atoms with Crippen LogP contribution in [0.25, 0.3) is 0 Å². The molecule has 2 N–H and O–H groups in total. The van der Waals surface area contributed by atoms with Gasteiger partial charge in [-0.3, -0.25) is 9.69 Å². The molecule has 5 nitrogen and oxygen atoms in total. The summed E-state index contributed by atoms with van der Waals surface area (Å²) in [4.78, 5) is 27.2. The van der Waals surface area contributed by atoms with E-state index < -0.39 is 5.97 Å². The standard InChI is InChI=1S/C19H28N2O3S/c1-5-13-6-14(17(23)24)16(25-13)20-15(22)9-21-11-19(4)8-12(21)7-18(2,3)10-19/h6,12H,5,7-11H2,1-4H3,(H,20,22)(H,23,24). The van der Waals surface area contributed by atoms with Crippen LogP contribution in [0.3, 0.4) is 0 Å². The van der Waals surface area contributed by atoms with Crippen molar-refractivity contribution in [2.24, 2.45) is 10.8 Å². The molecule has 2 bridgehead atoms. The second-order valence-electron chi connectivity index (χ2n) is 8.78. The summed E-state index contributed by atoms with van der Waals surface area (Å²) < 4.78 is 0. The first-order valence-electron chi connectivity index (χ1n) is 9.01. The number of likely N-dealkylation sites (tertiary alicyclic amines) is 1. The minimum Gasteiger partial charge on any atom is -0.478 e. The third-order valence-corrected chi connectivity index (χ3v) is 6.68. The highest BCUT2D eigenvalue weighted by atomic mass is 32.1. The van der Waals surface area contributed by atoms with Crippen molar-refractivity contribution >= 4 is 28.2 Å². The fraction of sp³-hybridized carbons (Fsp3) is 0.684. The van der Waals surface area contributed by atoms with Crippen LogP contribution in [0.15, 0.2) is 6.07 Å². The number of carboxylic acids is 1. The van der Waals surface area contributed by atoms with Crippen LogP contribution in [0.5, 0.6) is 0 Å². The Morgan fingerprint density at radius 1 is 1.36 bits per heavy atom. The molecule has 1 saturated heterocycles. The summed E-state index contributed by atoms with van der Waals surface area (Å²) >= 11 is 1.36. The normalized spacial score (nSPS) is 28.1. The number of amides is 1. The van der Waals surface area contributed by atoms with Gasteiger partial charge in [-0.25, -0.2) is 4.79 Å². The lowest BCUT2D eigenvalue weighted by molar-refractivity contribution is -0.117. The molecule has 6 heteroatoms. The number of carbonyl (C=O) groups is 2. The Morgan fingerprint density at radius 2 is 2.08 bits per heavy atom.